The van der Waals surface area contributed by atoms with Crippen LogP contribution in [0.3, 0.4) is 0 Å². The smallest absolute Gasteiger partial charge is 0.159 e. The zero-order chi connectivity index (χ0) is 8.67. The monoisotopic (exact) mass is 243 g/mol. The van der Waals surface area contributed by atoms with E-state index in [4.69, 9.17) is 0 Å². The third kappa shape index (κ3) is 2.04. The molecule has 3 heterocycles. The molecule has 0 radical (unpaired) electrons. The fourth-order valence-electron chi connectivity index (χ4n) is 1.71. The molecule has 2 aromatic heterocycles. The van der Waals surface area contributed by atoms with Crippen LogP contribution in [0.5, 0.6) is 0 Å². The fourth-order valence-corrected chi connectivity index (χ4v) is 1.71. The molecule has 2 aromatic rings. The highest BCUT2D eigenvalue weighted by molar-refractivity contribution is 5.85. The van der Waals surface area contributed by atoms with E-state index in [1.165, 1.54) is 5.56 Å². The first-order valence-electron chi connectivity index (χ1n) is 4.38. The van der Waals surface area contributed by atoms with E-state index in [0.717, 1.165) is 29.8 Å². The molecule has 0 bridgehead atoms. The van der Waals surface area contributed by atoms with Crippen molar-refractivity contribution in [1.29, 1.82) is 0 Å². The van der Waals surface area contributed by atoms with Crippen molar-refractivity contribution in [1.82, 2.24) is 15.3 Å². The molecule has 0 saturated carbocycles. The van der Waals surface area contributed by atoms with Crippen LogP contribution in [0.25, 0.3) is 11.0 Å². The van der Waals surface area contributed by atoms with E-state index < -0.39 is 0 Å². The SMILES string of the molecule is Cl.Cl.c1cnc2nc3c(cc2c1)CNC3. The molecule has 0 atom stereocenters. The molecule has 1 aliphatic heterocycles. The summed E-state index contributed by atoms with van der Waals surface area (Å²) in [5, 5.41) is 4.40. The van der Waals surface area contributed by atoms with E-state index in [1.807, 2.05) is 12.1 Å². The maximum atomic E-state index is 4.48. The van der Waals surface area contributed by atoms with Gasteiger partial charge >= 0.3 is 0 Å². The van der Waals surface area contributed by atoms with E-state index in [0.29, 0.717) is 0 Å². The van der Waals surface area contributed by atoms with Crippen LogP contribution in [0.2, 0.25) is 0 Å². The molecule has 0 aromatic carbocycles. The van der Waals surface area contributed by atoms with Crippen LogP contribution in [0, 0.1) is 0 Å². The lowest BCUT2D eigenvalue weighted by molar-refractivity contribution is 0.758. The van der Waals surface area contributed by atoms with Gasteiger partial charge in [0.2, 0.25) is 0 Å². The highest BCUT2D eigenvalue weighted by Gasteiger charge is 2.12. The first-order valence-corrected chi connectivity index (χ1v) is 4.38. The number of hydrogen-bond acceptors (Lipinski definition) is 3. The van der Waals surface area contributed by atoms with Crippen LogP contribution >= 0.6 is 24.8 Å². The van der Waals surface area contributed by atoms with Gasteiger partial charge in [-0.15, -0.1) is 24.8 Å². The van der Waals surface area contributed by atoms with E-state index in [1.54, 1.807) is 6.20 Å². The van der Waals surface area contributed by atoms with Crippen molar-refractivity contribution in [2.45, 2.75) is 13.1 Å². The minimum Gasteiger partial charge on any atom is -0.307 e. The first kappa shape index (κ1) is 12.2. The molecule has 0 saturated heterocycles. The molecule has 0 spiro atoms. The number of halogens is 2. The highest BCUT2D eigenvalue weighted by atomic mass is 35.5. The Hall–Kier alpha value is -0.900. The minimum atomic E-state index is 0. The molecule has 3 rings (SSSR count). The lowest BCUT2D eigenvalue weighted by atomic mass is 10.2. The van der Waals surface area contributed by atoms with Crippen LogP contribution in [0.15, 0.2) is 24.4 Å². The van der Waals surface area contributed by atoms with Crippen molar-refractivity contribution in [3.8, 4) is 0 Å². The molecular weight excluding hydrogens is 233 g/mol. The van der Waals surface area contributed by atoms with Crippen molar-refractivity contribution >= 4 is 35.8 Å². The van der Waals surface area contributed by atoms with Gasteiger partial charge in [0.1, 0.15) is 0 Å². The largest absolute Gasteiger partial charge is 0.307 e. The molecule has 15 heavy (non-hydrogen) atoms. The lowest BCUT2D eigenvalue weighted by Gasteiger charge is -1.99. The third-order valence-corrected chi connectivity index (χ3v) is 2.37. The molecule has 0 unspecified atom stereocenters. The van der Waals surface area contributed by atoms with Crippen LogP contribution in [-0.4, -0.2) is 9.97 Å². The number of hydrogen-bond donors (Lipinski definition) is 1. The summed E-state index contributed by atoms with van der Waals surface area (Å²) < 4.78 is 0. The number of fused-ring (bicyclic) bond motifs is 2. The Bertz CT molecular complexity index is 431. The first-order chi connectivity index (χ1) is 6.43. The van der Waals surface area contributed by atoms with E-state index >= 15 is 0 Å². The van der Waals surface area contributed by atoms with Gasteiger partial charge in [-0.05, 0) is 23.8 Å². The Balaban J connectivity index is 0.000000562. The Kier molecular flexibility index (Phi) is 3.85. The number of nitrogens with zero attached hydrogens (tertiary/aromatic N) is 2. The molecule has 1 aliphatic rings. The molecular formula is C10H11Cl2N3. The second-order valence-corrected chi connectivity index (χ2v) is 3.25. The van der Waals surface area contributed by atoms with Gasteiger partial charge in [0.25, 0.3) is 0 Å². The van der Waals surface area contributed by atoms with Crippen molar-refractivity contribution in [3.05, 3.63) is 35.7 Å². The molecule has 5 heteroatoms. The zero-order valence-corrected chi connectivity index (χ0v) is 9.57. The molecule has 0 amide bonds. The van der Waals surface area contributed by atoms with E-state index in [9.17, 15) is 0 Å². The number of aromatic nitrogens is 2. The summed E-state index contributed by atoms with van der Waals surface area (Å²) in [6.07, 6.45) is 1.78. The maximum absolute atomic E-state index is 4.48. The fraction of sp³-hybridized carbons (Fsp3) is 0.200. The van der Waals surface area contributed by atoms with Crippen LogP contribution < -0.4 is 5.32 Å². The highest BCUT2D eigenvalue weighted by Crippen LogP contribution is 2.18. The second kappa shape index (κ2) is 4.75. The van der Waals surface area contributed by atoms with Crippen LogP contribution in [-0.2, 0) is 13.1 Å². The zero-order valence-electron chi connectivity index (χ0n) is 7.93. The topological polar surface area (TPSA) is 37.8 Å². The van der Waals surface area contributed by atoms with E-state index in [2.05, 4.69) is 21.4 Å². The maximum Gasteiger partial charge on any atom is 0.159 e. The van der Waals surface area contributed by atoms with Crippen LogP contribution in [0.1, 0.15) is 11.3 Å². The van der Waals surface area contributed by atoms with Gasteiger partial charge in [-0.1, -0.05) is 0 Å². The van der Waals surface area contributed by atoms with Crippen molar-refractivity contribution in [2.75, 3.05) is 0 Å². The molecule has 80 valence electrons. The molecule has 0 fully saturated rings. The summed E-state index contributed by atoms with van der Waals surface area (Å²) in [5.41, 5.74) is 3.30. The van der Waals surface area contributed by atoms with Crippen molar-refractivity contribution in [2.24, 2.45) is 0 Å². The predicted octanol–water partition coefficient (Wildman–Crippen LogP) is 2.08. The normalized spacial score (nSPS) is 12.8. The minimum absolute atomic E-state index is 0. The van der Waals surface area contributed by atoms with Gasteiger partial charge in [0.05, 0.1) is 5.69 Å². The summed E-state index contributed by atoms with van der Waals surface area (Å²) >= 11 is 0. The van der Waals surface area contributed by atoms with Gasteiger partial charge in [-0.25, -0.2) is 9.97 Å². The van der Waals surface area contributed by atoms with Crippen molar-refractivity contribution in [3.63, 3.8) is 0 Å². The average molecular weight is 244 g/mol. The molecule has 0 aliphatic carbocycles. The van der Waals surface area contributed by atoms with Crippen LogP contribution in [0.4, 0.5) is 0 Å². The lowest BCUT2D eigenvalue weighted by Crippen LogP contribution is -2.00. The Labute approximate surface area is 100 Å². The van der Waals surface area contributed by atoms with Gasteiger partial charge < -0.3 is 5.32 Å². The number of nitrogens with one attached hydrogen (secondary N) is 1. The van der Waals surface area contributed by atoms with Gasteiger partial charge in [0.15, 0.2) is 5.65 Å². The third-order valence-electron chi connectivity index (χ3n) is 2.37. The molecule has 1 N–H and O–H groups in total. The second-order valence-electron chi connectivity index (χ2n) is 3.25. The van der Waals surface area contributed by atoms with Gasteiger partial charge in [-0.2, -0.15) is 0 Å². The quantitative estimate of drug-likeness (QED) is 0.770. The Morgan fingerprint density at radius 3 is 2.93 bits per heavy atom. The van der Waals surface area contributed by atoms with Crippen molar-refractivity contribution < 1.29 is 0 Å². The Morgan fingerprint density at radius 2 is 2.07 bits per heavy atom. The molecule has 3 nitrogen and oxygen atoms in total. The van der Waals surface area contributed by atoms with Gasteiger partial charge in [-0.3, -0.25) is 0 Å². The average Bonchev–Trinajstić information content (AvgIpc) is 2.61. The number of pyridine rings is 2. The number of rotatable bonds is 0. The van der Waals surface area contributed by atoms with E-state index in [-0.39, 0.29) is 24.8 Å². The summed E-state index contributed by atoms with van der Waals surface area (Å²) in [4.78, 5) is 8.70. The summed E-state index contributed by atoms with van der Waals surface area (Å²) in [7, 11) is 0. The van der Waals surface area contributed by atoms with Gasteiger partial charge in [0, 0.05) is 24.7 Å². The summed E-state index contributed by atoms with van der Waals surface area (Å²) in [5.74, 6) is 0. The summed E-state index contributed by atoms with van der Waals surface area (Å²) in [6.45, 7) is 1.81. The summed E-state index contributed by atoms with van der Waals surface area (Å²) in [6, 6.07) is 6.16. The Morgan fingerprint density at radius 1 is 1.20 bits per heavy atom. The predicted molar refractivity (Wildman–Crippen MR) is 64.6 cm³/mol. The standard InChI is InChI=1S/C10H9N3.2ClH/c1-2-7-4-8-5-11-6-9(8)13-10(7)12-3-1;;/h1-4,11H,5-6H2;2*1H.